The molecule has 1 aromatic carbocycles. The summed E-state index contributed by atoms with van der Waals surface area (Å²) in [6.07, 6.45) is 1.61. The molecule has 2 fully saturated rings. The molecule has 2 aliphatic heterocycles. The first-order valence-corrected chi connectivity index (χ1v) is 8.82. The SMILES string of the molecule is COc1cc(NC(=O)N2CC(N3CCC(C(N)=O)CC3)C2)cc(OC)c1. The van der Waals surface area contributed by atoms with E-state index in [0.29, 0.717) is 36.3 Å². The quantitative estimate of drug-likeness (QED) is 0.818. The summed E-state index contributed by atoms with van der Waals surface area (Å²) in [6.45, 7) is 3.10. The lowest BCUT2D eigenvalue weighted by Gasteiger charge is -2.47. The van der Waals surface area contributed by atoms with Crippen molar-refractivity contribution in [3.63, 3.8) is 0 Å². The van der Waals surface area contributed by atoms with E-state index in [1.54, 1.807) is 37.3 Å². The van der Waals surface area contributed by atoms with Crippen molar-refractivity contribution in [3.8, 4) is 11.5 Å². The number of nitrogens with zero attached hydrogens (tertiary/aromatic N) is 2. The zero-order valence-corrected chi connectivity index (χ0v) is 15.2. The molecule has 2 saturated heterocycles. The van der Waals surface area contributed by atoms with Crippen LogP contribution in [0.15, 0.2) is 18.2 Å². The van der Waals surface area contributed by atoms with Crippen LogP contribution in [0.25, 0.3) is 0 Å². The van der Waals surface area contributed by atoms with E-state index in [-0.39, 0.29) is 17.9 Å². The van der Waals surface area contributed by atoms with Gasteiger partial charge in [0.1, 0.15) is 11.5 Å². The fourth-order valence-electron chi connectivity index (χ4n) is 3.48. The molecule has 142 valence electrons. The average Bonchev–Trinajstić information content (AvgIpc) is 2.60. The highest BCUT2D eigenvalue weighted by Crippen LogP contribution is 2.27. The number of benzene rings is 1. The molecule has 0 atom stereocenters. The summed E-state index contributed by atoms with van der Waals surface area (Å²) in [5, 5.41) is 2.89. The molecule has 0 radical (unpaired) electrons. The Kier molecular flexibility index (Phi) is 5.51. The van der Waals surface area contributed by atoms with Crippen LogP contribution >= 0.6 is 0 Å². The summed E-state index contributed by atoms with van der Waals surface area (Å²) >= 11 is 0. The second-order valence-corrected chi connectivity index (χ2v) is 6.80. The number of methoxy groups -OCH3 is 2. The summed E-state index contributed by atoms with van der Waals surface area (Å²) in [4.78, 5) is 27.8. The first-order valence-electron chi connectivity index (χ1n) is 8.82. The molecule has 0 spiro atoms. The summed E-state index contributed by atoms with van der Waals surface area (Å²) in [7, 11) is 3.14. The van der Waals surface area contributed by atoms with Gasteiger partial charge in [-0.3, -0.25) is 9.69 Å². The molecule has 1 aromatic rings. The van der Waals surface area contributed by atoms with Gasteiger partial charge in [0.2, 0.25) is 5.91 Å². The summed E-state index contributed by atoms with van der Waals surface area (Å²) in [6, 6.07) is 5.49. The highest BCUT2D eigenvalue weighted by molar-refractivity contribution is 5.90. The first kappa shape index (κ1) is 18.3. The minimum Gasteiger partial charge on any atom is -0.497 e. The topological polar surface area (TPSA) is 97.1 Å². The van der Waals surface area contributed by atoms with Gasteiger partial charge in [0.05, 0.1) is 14.2 Å². The van der Waals surface area contributed by atoms with Crippen LogP contribution in [0.2, 0.25) is 0 Å². The number of primary amides is 1. The van der Waals surface area contributed by atoms with E-state index < -0.39 is 0 Å². The average molecular weight is 362 g/mol. The maximum Gasteiger partial charge on any atom is 0.321 e. The first-order chi connectivity index (χ1) is 12.5. The lowest BCUT2D eigenvalue weighted by Crippen LogP contribution is -2.63. The van der Waals surface area contributed by atoms with Gasteiger partial charge in [0.15, 0.2) is 0 Å². The van der Waals surface area contributed by atoms with Crippen LogP contribution in [-0.2, 0) is 4.79 Å². The van der Waals surface area contributed by atoms with Crippen molar-refractivity contribution in [2.45, 2.75) is 18.9 Å². The summed E-state index contributed by atoms with van der Waals surface area (Å²) in [5.74, 6) is 1.04. The number of carbonyl (C=O) groups excluding carboxylic acids is 2. The third-order valence-corrected chi connectivity index (χ3v) is 5.20. The number of amides is 3. The van der Waals surface area contributed by atoms with Crippen LogP contribution in [0, 0.1) is 5.92 Å². The minimum absolute atomic E-state index is 0.00577. The Hall–Kier alpha value is -2.48. The molecular formula is C18H26N4O4. The Balaban J connectivity index is 1.49. The number of rotatable bonds is 5. The van der Waals surface area contributed by atoms with Crippen molar-refractivity contribution >= 4 is 17.6 Å². The van der Waals surface area contributed by atoms with E-state index in [4.69, 9.17) is 15.2 Å². The fourth-order valence-corrected chi connectivity index (χ4v) is 3.48. The maximum atomic E-state index is 12.4. The Morgan fingerprint density at radius 3 is 2.15 bits per heavy atom. The monoisotopic (exact) mass is 362 g/mol. The Morgan fingerprint density at radius 2 is 1.65 bits per heavy atom. The van der Waals surface area contributed by atoms with Gasteiger partial charge < -0.3 is 25.4 Å². The number of urea groups is 1. The molecule has 0 aliphatic carbocycles. The molecule has 2 heterocycles. The molecule has 3 N–H and O–H groups in total. The summed E-state index contributed by atoms with van der Waals surface area (Å²) in [5.41, 5.74) is 6.01. The van der Waals surface area contributed by atoms with E-state index in [1.165, 1.54) is 0 Å². The number of nitrogens with one attached hydrogen (secondary N) is 1. The number of piperidine rings is 1. The smallest absolute Gasteiger partial charge is 0.321 e. The minimum atomic E-state index is -0.201. The van der Waals surface area contributed by atoms with E-state index in [1.807, 2.05) is 0 Å². The van der Waals surface area contributed by atoms with Gasteiger partial charge in [-0.05, 0) is 25.9 Å². The van der Waals surface area contributed by atoms with Gasteiger partial charge in [-0.2, -0.15) is 0 Å². The van der Waals surface area contributed by atoms with Crippen molar-refractivity contribution in [2.75, 3.05) is 45.7 Å². The van der Waals surface area contributed by atoms with Crippen LogP contribution in [0.3, 0.4) is 0 Å². The van der Waals surface area contributed by atoms with Gasteiger partial charge in [-0.1, -0.05) is 0 Å². The predicted octanol–water partition coefficient (Wildman–Crippen LogP) is 1.12. The van der Waals surface area contributed by atoms with Gasteiger partial charge in [-0.25, -0.2) is 4.79 Å². The van der Waals surface area contributed by atoms with Crippen LogP contribution < -0.4 is 20.5 Å². The summed E-state index contributed by atoms with van der Waals surface area (Å²) < 4.78 is 10.4. The molecule has 8 heteroatoms. The second kappa shape index (κ2) is 7.82. The number of carbonyl (C=O) groups is 2. The van der Waals surface area contributed by atoms with Crippen LogP contribution in [0.5, 0.6) is 11.5 Å². The Morgan fingerprint density at radius 1 is 1.08 bits per heavy atom. The normalized spacial score (nSPS) is 18.9. The molecule has 8 nitrogen and oxygen atoms in total. The molecule has 0 aromatic heterocycles. The zero-order chi connectivity index (χ0) is 18.7. The second-order valence-electron chi connectivity index (χ2n) is 6.80. The number of hydrogen-bond donors (Lipinski definition) is 2. The molecule has 3 rings (SSSR count). The lowest BCUT2D eigenvalue weighted by molar-refractivity contribution is -0.123. The number of anilines is 1. The van der Waals surface area contributed by atoms with Crippen molar-refractivity contribution in [2.24, 2.45) is 11.7 Å². The van der Waals surface area contributed by atoms with Crippen molar-refractivity contribution < 1.29 is 19.1 Å². The van der Waals surface area contributed by atoms with Crippen molar-refractivity contribution in [3.05, 3.63) is 18.2 Å². The number of ether oxygens (including phenoxy) is 2. The molecule has 2 aliphatic rings. The van der Waals surface area contributed by atoms with Crippen LogP contribution in [0.1, 0.15) is 12.8 Å². The van der Waals surface area contributed by atoms with E-state index in [0.717, 1.165) is 25.9 Å². The molecule has 3 amide bonds. The van der Waals surface area contributed by atoms with Gasteiger partial charge >= 0.3 is 6.03 Å². The fraction of sp³-hybridized carbons (Fsp3) is 0.556. The Labute approximate surface area is 153 Å². The van der Waals surface area contributed by atoms with E-state index in [9.17, 15) is 9.59 Å². The zero-order valence-electron chi connectivity index (χ0n) is 15.2. The predicted molar refractivity (Wildman–Crippen MR) is 97.4 cm³/mol. The largest absolute Gasteiger partial charge is 0.497 e. The molecule has 0 unspecified atom stereocenters. The van der Waals surface area contributed by atoms with Crippen LogP contribution in [0.4, 0.5) is 10.5 Å². The highest BCUT2D eigenvalue weighted by Gasteiger charge is 2.37. The standard InChI is InChI=1S/C18H26N4O4/c1-25-15-7-13(8-16(9-15)26-2)20-18(24)22-10-14(11-22)21-5-3-12(4-6-21)17(19)23/h7-9,12,14H,3-6,10-11H2,1-2H3,(H2,19,23)(H,20,24). The highest BCUT2D eigenvalue weighted by atomic mass is 16.5. The number of nitrogens with two attached hydrogens (primary N) is 1. The number of likely N-dealkylation sites (tertiary alicyclic amines) is 2. The van der Waals surface area contributed by atoms with Gasteiger partial charge in [0.25, 0.3) is 0 Å². The molecule has 0 saturated carbocycles. The van der Waals surface area contributed by atoms with Gasteiger partial charge in [0, 0.05) is 48.9 Å². The van der Waals surface area contributed by atoms with Crippen molar-refractivity contribution in [1.82, 2.24) is 9.80 Å². The third-order valence-electron chi connectivity index (χ3n) is 5.20. The molecule has 26 heavy (non-hydrogen) atoms. The molecule has 0 bridgehead atoms. The Bertz CT molecular complexity index is 645. The maximum absolute atomic E-state index is 12.4. The third kappa shape index (κ3) is 4.01. The van der Waals surface area contributed by atoms with E-state index in [2.05, 4.69) is 10.2 Å². The van der Waals surface area contributed by atoms with Crippen molar-refractivity contribution in [1.29, 1.82) is 0 Å². The number of hydrogen-bond acceptors (Lipinski definition) is 5. The van der Waals surface area contributed by atoms with Crippen LogP contribution in [-0.4, -0.2) is 68.2 Å². The van der Waals surface area contributed by atoms with E-state index >= 15 is 0 Å². The lowest BCUT2D eigenvalue weighted by atomic mass is 9.94. The van der Waals surface area contributed by atoms with Gasteiger partial charge in [-0.15, -0.1) is 0 Å². The molecular weight excluding hydrogens is 336 g/mol.